The minimum absolute atomic E-state index is 0.0662. The monoisotopic (exact) mass is 534 g/mol. The van der Waals surface area contributed by atoms with E-state index in [2.05, 4.69) is 9.46 Å². The Balaban J connectivity index is 1.41. The molecule has 37 heavy (non-hydrogen) atoms. The van der Waals surface area contributed by atoms with Gasteiger partial charge in [-0.05, 0) is 60.4 Å². The van der Waals surface area contributed by atoms with E-state index in [9.17, 15) is 26.7 Å². The summed E-state index contributed by atoms with van der Waals surface area (Å²) in [5, 5.41) is 11.4. The third-order valence-corrected chi connectivity index (χ3v) is 8.07. The number of nitrogens with zero attached hydrogens (tertiary/aromatic N) is 1. The molecule has 3 aromatic carbocycles. The van der Waals surface area contributed by atoms with Gasteiger partial charge in [0, 0.05) is 11.4 Å². The number of ether oxygens (including phenoxy) is 2. The van der Waals surface area contributed by atoms with Crippen LogP contribution in [-0.4, -0.2) is 51.3 Å². The fourth-order valence-corrected chi connectivity index (χ4v) is 6.11. The average Bonchev–Trinajstić information content (AvgIpc) is 3.02. The third kappa shape index (κ3) is 5.45. The summed E-state index contributed by atoms with van der Waals surface area (Å²) >= 11 is 0. The standard InChI is InChI=1S/C26H25F3N2O5S/c27-26(28,29)36-19-11-13-20(14-12-19)37(33,34)30-21-15-35-16-24(25(21)32)31-22-7-3-1-5-17(22)9-10-18-6-2-4-8-23(18)31/h1-8,11-14,21,24-25,30,32H,9-10,15-16H2/t21-,24?,25+/m1/s1. The predicted octanol–water partition coefficient (Wildman–Crippen LogP) is 3.93. The topological polar surface area (TPSA) is 88.1 Å². The van der Waals surface area contributed by atoms with Gasteiger partial charge in [0.05, 0.1) is 36.3 Å². The van der Waals surface area contributed by atoms with Gasteiger partial charge >= 0.3 is 6.36 Å². The molecule has 1 saturated heterocycles. The molecule has 0 spiro atoms. The molecule has 3 atom stereocenters. The maximum atomic E-state index is 13.0. The molecule has 5 rings (SSSR count). The van der Waals surface area contributed by atoms with E-state index in [4.69, 9.17) is 4.74 Å². The summed E-state index contributed by atoms with van der Waals surface area (Å²) in [6, 6.07) is 18.1. The van der Waals surface area contributed by atoms with Gasteiger partial charge < -0.3 is 19.5 Å². The highest BCUT2D eigenvalue weighted by Gasteiger charge is 2.41. The molecule has 0 saturated carbocycles. The number of aliphatic hydroxyl groups excluding tert-OH is 1. The molecule has 2 N–H and O–H groups in total. The fraction of sp³-hybridized carbons (Fsp3) is 0.308. The summed E-state index contributed by atoms with van der Waals surface area (Å²) in [6.07, 6.45) is -4.40. The van der Waals surface area contributed by atoms with Crippen molar-refractivity contribution in [2.45, 2.75) is 42.3 Å². The Bertz CT molecular complexity index is 1320. The summed E-state index contributed by atoms with van der Waals surface area (Å²) < 4.78 is 75.4. The van der Waals surface area contributed by atoms with E-state index in [1.54, 1.807) is 0 Å². The summed E-state index contributed by atoms with van der Waals surface area (Å²) in [5.41, 5.74) is 4.05. The quantitative estimate of drug-likeness (QED) is 0.516. The number of aliphatic hydroxyl groups is 1. The summed E-state index contributed by atoms with van der Waals surface area (Å²) in [7, 11) is -4.18. The second-order valence-corrected chi connectivity index (χ2v) is 10.7. The van der Waals surface area contributed by atoms with Crippen LogP contribution in [0.1, 0.15) is 11.1 Å². The van der Waals surface area contributed by atoms with Crippen LogP contribution < -0.4 is 14.4 Å². The Hall–Kier alpha value is -3.12. The van der Waals surface area contributed by atoms with E-state index in [0.29, 0.717) is 0 Å². The minimum atomic E-state index is -4.89. The first kappa shape index (κ1) is 25.5. The van der Waals surface area contributed by atoms with Crippen LogP contribution in [0.3, 0.4) is 0 Å². The Morgan fingerprint density at radius 1 is 0.892 bits per heavy atom. The molecule has 3 aromatic rings. The number of alkyl halides is 3. The fourth-order valence-electron chi connectivity index (χ4n) is 4.87. The van der Waals surface area contributed by atoms with Gasteiger partial charge in [0.25, 0.3) is 0 Å². The summed E-state index contributed by atoms with van der Waals surface area (Å²) in [6.45, 7) is 0.106. The van der Waals surface area contributed by atoms with Crippen molar-refractivity contribution in [2.75, 3.05) is 18.1 Å². The first-order valence-electron chi connectivity index (χ1n) is 11.7. The number of para-hydroxylation sites is 2. The van der Waals surface area contributed by atoms with Crippen molar-refractivity contribution in [1.29, 1.82) is 0 Å². The number of hydrogen-bond donors (Lipinski definition) is 2. The Kier molecular flexibility index (Phi) is 6.88. The van der Waals surface area contributed by atoms with Gasteiger partial charge in [0.15, 0.2) is 0 Å². The number of halogens is 3. The van der Waals surface area contributed by atoms with E-state index >= 15 is 0 Å². The molecular weight excluding hydrogens is 509 g/mol. The van der Waals surface area contributed by atoms with Crippen molar-refractivity contribution in [1.82, 2.24) is 4.72 Å². The molecule has 0 amide bonds. The zero-order valence-corrected chi connectivity index (χ0v) is 20.4. The van der Waals surface area contributed by atoms with E-state index in [1.807, 2.05) is 53.4 Å². The Morgan fingerprint density at radius 2 is 1.46 bits per heavy atom. The Morgan fingerprint density at radius 3 is 2.03 bits per heavy atom. The number of hydrogen-bond acceptors (Lipinski definition) is 6. The molecule has 0 aliphatic carbocycles. The van der Waals surface area contributed by atoms with Crippen LogP contribution in [-0.2, 0) is 27.6 Å². The smallest absolute Gasteiger partial charge is 0.406 e. The zero-order valence-electron chi connectivity index (χ0n) is 19.6. The second-order valence-electron chi connectivity index (χ2n) is 8.97. The number of fused-ring (bicyclic) bond motifs is 2. The molecule has 2 aliphatic heterocycles. The van der Waals surface area contributed by atoms with Crippen LogP contribution in [0.5, 0.6) is 5.75 Å². The minimum Gasteiger partial charge on any atom is -0.406 e. The highest BCUT2D eigenvalue weighted by molar-refractivity contribution is 7.89. The van der Waals surface area contributed by atoms with Gasteiger partial charge in [-0.2, -0.15) is 0 Å². The van der Waals surface area contributed by atoms with Gasteiger partial charge in [0.1, 0.15) is 5.75 Å². The lowest BCUT2D eigenvalue weighted by molar-refractivity contribution is -0.274. The van der Waals surface area contributed by atoms with Crippen LogP contribution >= 0.6 is 0 Å². The van der Waals surface area contributed by atoms with Crippen molar-refractivity contribution >= 4 is 21.4 Å². The largest absolute Gasteiger partial charge is 0.573 e. The maximum absolute atomic E-state index is 13.0. The van der Waals surface area contributed by atoms with Crippen molar-refractivity contribution in [3.63, 3.8) is 0 Å². The van der Waals surface area contributed by atoms with Crippen LogP contribution in [0.25, 0.3) is 0 Å². The van der Waals surface area contributed by atoms with Gasteiger partial charge in [-0.1, -0.05) is 36.4 Å². The molecular formula is C26H25F3N2O5S. The van der Waals surface area contributed by atoms with Crippen molar-refractivity contribution in [2.24, 2.45) is 0 Å². The van der Waals surface area contributed by atoms with E-state index in [1.165, 1.54) is 0 Å². The second kappa shape index (κ2) is 9.97. The first-order valence-corrected chi connectivity index (χ1v) is 13.2. The Labute approximate surface area is 212 Å². The highest BCUT2D eigenvalue weighted by atomic mass is 32.2. The predicted molar refractivity (Wildman–Crippen MR) is 130 cm³/mol. The first-order chi connectivity index (χ1) is 17.6. The molecule has 0 radical (unpaired) electrons. The molecule has 2 aliphatic rings. The number of benzene rings is 3. The van der Waals surface area contributed by atoms with Crippen molar-refractivity contribution < 1.29 is 36.2 Å². The van der Waals surface area contributed by atoms with Crippen LogP contribution in [0, 0.1) is 0 Å². The van der Waals surface area contributed by atoms with E-state index in [0.717, 1.165) is 59.6 Å². The summed E-state index contributed by atoms with van der Waals surface area (Å²) in [5.74, 6) is -0.536. The van der Waals surface area contributed by atoms with Crippen molar-refractivity contribution in [3.05, 3.63) is 83.9 Å². The summed E-state index contributed by atoms with van der Waals surface area (Å²) in [4.78, 5) is 1.76. The van der Waals surface area contributed by atoms with Crippen molar-refractivity contribution in [3.8, 4) is 5.75 Å². The normalized spacial score (nSPS) is 22.1. The SMILES string of the molecule is O=S(=O)(N[C@@H]1COCC(N2c3ccccc3CCc3ccccc32)[C@H]1O)c1ccc(OC(F)(F)F)cc1. The zero-order chi connectivity index (χ0) is 26.2. The van der Waals surface area contributed by atoms with Crippen LogP contribution in [0.15, 0.2) is 77.7 Å². The van der Waals surface area contributed by atoms with E-state index < -0.39 is 40.3 Å². The molecule has 196 valence electrons. The van der Waals surface area contributed by atoms with Gasteiger partial charge in [-0.25, -0.2) is 13.1 Å². The number of rotatable bonds is 5. The molecule has 1 fully saturated rings. The number of anilines is 2. The van der Waals surface area contributed by atoms with Gasteiger partial charge in [-0.15, -0.1) is 13.2 Å². The maximum Gasteiger partial charge on any atom is 0.573 e. The molecule has 11 heteroatoms. The third-order valence-electron chi connectivity index (χ3n) is 6.56. The molecule has 2 heterocycles. The van der Waals surface area contributed by atoms with Gasteiger partial charge in [0.2, 0.25) is 10.0 Å². The number of nitrogens with one attached hydrogen (secondary N) is 1. The highest BCUT2D eigenvalue weighted by Crippen LogP contribution is 2.39. The molecule has 7 nitrogen and oxygen atoms in total. The van der Waals surface area contributed by atoms with Gasteiger partial charge in [-0.3, -0.25) is 0 Å². The molecule has 1 unspecified atom stereocenters. The lowest BCUT2D eigenvalue weighted by atomic mass is 9.98. The lowest BCUT2D eigenvalue weighted by Gasteiger charge is -2.43. The molecule has 0 aromatic heterocycles. The van der Waals surface area contributed by atoms with E-state index in [-0.39, 0.29) is 18.1 Å². The lowest BCUT2D eigenvalue weighted by Crippen LogP contribution is -2.60. The number of sulfonamides is 1. The molecule has 0 bridgehead atoms. The number of aryl methyl sites for hydroxylation is 2. The van der Waals surface area contributed by atoms with Crippen LogP contribution in [0.4, 0.5) is 24.5 Å². The average molecular weight is 535 g/mol. The van der Waals surface area contributed by atoms with Crippen LogP contribution in [0.2, 0.25) is 0 Å².